The molecule has 3 aromatic rings. The Hall–Kier alpha value is -2.48. The minimum absolute atomic E-state index is 0.695. The Balaban J connectivity index is 1.55. The van der Waals surface area contributed by atoms with E-state index in [0.717, 1.165) is 37.2 Å². The third-order valence-electron chi connectivity index (χ3n) is 5.23. The van der Waals surface area contributed by atoms with Gasteiger partial charge in [-0.2, -0.15) is 9.13 Å². The lowest BCUT2D eigenvalue weighted by Crippen LogP contribution is -2.33. The van der Waals surface area contributed by atoms with E-state index in [1.807, 2.05) is 24.3 Å². The molecule has 0 fully saturated rings. The van der Waals surface area contributed by atoms with Gasteiger partial charge in [0.15, 0.2) is 11.4 Å². The fourth-order valence-corrected chi connectivity index (χ4v) is 5.13. The molecule has 4 nitrogen and oxygen atoms in total. The molecule has 32 heavy (non-hydrogen) atoms. The van der Waals surface area contributed by atoms with Crippen molar-refractivity contribution in [2.75, 3.05) is 27.4 Å². The largest absolute Gasteiger partial charge is 0.384 e. The van der Waals surface area contributed by atoms with Crippen LogP contribution in [0.4, 0.5) is 0 Å². The first-order valence-electron chi connectivity index (χ1n) is 10.6. The van der Waals surface area contributed by atoms with Gasteiger partial charge in [0.1, 0.15) is 0 Å². The van der Waals surface area contributed by atoms with Gasteiger partial charge < -0.3 is 9.47 Å². The molecule has 0 aliphatic heterocycles. The summed E-state index contributed by atoms with van der Waals surface area (Å²) in [5, 5.41) is 0. The molecule has 0 unspecified atom stereocenters. The molecule has 0 radical (unpaired) electrons. The van der Waals surface area contributed by atoms with Crippen LogP contribution < -0.4 is 9.13 Å². The molecule has 0 saturated carbocycles. The zero-order chi connectivity index (χ0) is 22.8. The summed E-state index contributed by atoms with van der Waals surface area (Å²) in [5.74, 6) is 13.1. The minimum Gasteiger partial charge on any atom is -0.384 e. The number of methoxy groups -OCH3 is 2. The summed E-state index contributed by atoms with van der Waals surface area (Å²) in [6, 6.07) is 8.16. The van der Waals surface area contributed by atoms with E-state index < -0.39 is 0 Å². The maximum Gasteiger partial charge on any atom is 0.226 e. The summed E-state index contributed by atoms with van der Waals surface area (Å²) < 4.78 is 14.8. The maximum absolute atomic E-state index is 5.18. The second-order valence-corrected chi connectivity index (χ2v) is 9.26. The van der Waals surface area contributed by atoms with E-state index in [2.05, 4.69) is 57.7 Å². The second-order valence-electron chi connectivity index (χ2n) is 7.39. The number of benzene rings is 1. The minimum atomic E-state index is 0.695. The van der Waals surface area contributed by atoms with Crippen LogP contribution in [0.1, 0.15) is 32.3 Å². The quantitative estimate of drug-likeness (QED) is 0.375. The van der Waals surface area contributed by atoms with Gasteiger partial charge in [0.2, 0.25) is 24.1 Å². The zero-order valence-electron chi connectivity index (χ0n) is 19.2. The molecule has 0 spiro atoms. The van der Waals surface area contributed by atoms with Crippen molar-refractivity contribution >= 4 is 22.7 Å². The normalized spacial score (nSPS) is 10.4. The topological polar surface area (TPSA) is 26.2 Å². The first kappa shape index (κ1) is 24.2. The Morgan fingerprint density at radius 1 is 0.719 bits per heavy atom. The summed E-state index contributed by atoms with van der Waals surface area (Å²) in [7, 11) is 3.48. The fraction of sp³-hybridized carbons (Fsp3) is 0.385. The Morgan fingerprint density at radius 2 is 1.12 bits per heavy atom. The molecule has 3 rings (SSSR count). The molecular weight excluding hydrogens is 436 g/mol. The van der Waals surface area contributed by atoms with Gasteiger partial charge in [0, 0.05) is 52.0 Å². The van der Waals surface area contributed by atoms with E-state index in [0.29, 0.717) is 13.1 Å². The molecule has 1 aromatic carbocycles. The molecule has 0 saturated heterocycles. The molecular formula is C26H30N2O2S2+2. The lowest BCUT2D eigenvalue weighted by Gasteiger charge is -1.95. The van der Waals surface area contributed by atoms with E-state index in [1.54, 1.807) is 36.9 Å². The molecule has 2 heterocycles. The van der Waals surface area contributed by atoms with Crippen LogP contribution in [-0.2, 0) is 35.4 Å². The molecule has 0 amide bonds. The van der Waals surface area contributed by atoms with E-state index in [1.165, 1.54) is 21.1 Å². The van der Waals surface area contributed by atoms with Crippen molar-refractivity contribution < 1.29 is 18.6 Å². The predicted molar refractivity (Wildman–Crippen MR) is 130 cm³/mol. The van der Waals surface area contributed by atoms with Crippen LogP contribution in [-0.4, -0.2) is 27.4 Å². The Labute approximate surface area is 199 Å². The maximum atomic E-state index is 5.18. The van der Waals surface area contributed by atoms with Gasteiger partial charge in [0.05, 0.1) is 23.0 Å². The van der Waals surface area contributed by atoms with Crippen molar-refractivity contribution in [1.82, 2.24) is 0 Å². The Kier molecular flexibility index (Phi) is 9.46. The lowest BCUT2D eigenvalue weighted by atomic mass is 10.1. The highest BCUT2D eigenvalue weighted by molar-refractivity contribution is 7.09. The first-order valence-corrected chi connectivity index (χ1v) is 12.4. The molecule has 2 aromatic heterocycles. The SMILES string of the molecule is COCCc1sc[n+](CC#Cc2ccc(C#CC[n+]3csc(CCOC)c3C)cc2)c1C. The van der Waals surface area contributed by atoms with Crippen molar-refractivity contribution in [2.24, 2.45) is 0 Å². The monoisotopic (exact) mass is 466 g/mol. The van der Waals surface area contributed by atoms with Crippen molar-refractivity contribution in [3.8, 4) is 23.7 Å². The van der Waals surface area contributed by atoms with Gasteiger partial charge in [-0.1, -0.05) is 34.5 Å². The highest BCUT2D eigenvalue weighted by Crippen LogP contribution is 2.12. The number of thiazole rings is 2. The van der Waals surface area contributed by atoms with E-state index in [9.17, 15) is 0 Å². The molecule has 166 valence electrons. The zero-order valence-corrected chi connectivity index (χ0v) is 20.9. The third kappa shape index (κ3) is 6.76. The molecule has 0 bridgehead atoms. The van der Waals surface area contributed by atoms with Gasteiger partial charge in [-0.25, -0.2) is 0 Å². The van der Waals surface area contributed by atoms with Crippen LogP contribution in [0.25, 0.3) is 0 Å². The number of rotatable bonds is 8. The van der Waals surface area contributed by atoms with Gasteiger partial charge in [-0.15, -0.1) is 0 Å². The summed E-state index contributed by atoms with van der Waals surface area (Å²) in [6.45, 7) is 7.19. The summed E-state index contributed by atoms with van der Waals surface area (Å²) in [5.41, 5.74) is 8.85. The highest BCUT2D eigenvalue weighted by atomic mass is 32.1. The number of ether oxygens (including phenoxy) is 2. The number of hydrogen-bond acceptors (Lipinski definition) is 4. The molecule has 6 heteroatoms. The first-order chi connectivity index (χ1) is 15.6. The average molecular weight is 467 g/mol. The smallest absolute Gasteiger partial charge is 0.226 e. The van der Waals surface area contributed by atoms with Crippen LogP contribution >= 0.6 is 22.7 Å². The fourth-order valence-electron chi connectivity index (χ4n) is 3.17. The summed E-state index contributed by atoms with van der Waals surface area (Å²) in [4.78, 5) is 2.72. The number of nitrogens with zero attached hydrogens (tertiary/aromatic N) is 2. The number of hydrogen-bond donors (Lipinski definition) is 0. The average Bonchev–Trinajstić information content (AvgIpc) is 3.34. The second kappa shape index (κ2) is 12.5. The Morgan fingerprint density at radius 3 is 1.50 bits per heavy atom. The van der Waals surface area contributed by atoms with E-state index >= 15 is 0 Å². The van der Waals surface area contributed by atoms with Gasteiger partial charge >= 0.3 is 0 Å². The van der Waals surface area contributed by atoms with Gasteiger partial charge in [-0.3, -0.25) is 0 Å². The third-order valence-corrected chi connectivity index (χ3v) is 7.52. The summed E-state index contributed by atoms with van der Waals surface area (Å²) in [6.07, 6.45) is 1.91. The van der Waals surface area contributed by atoms with Crippen LogP contribution in [0.3, 0.4) is 0 Å². The predicted octanol–water partition coefficient (Wildman–Crippen LogP) is 3.48. The van der Waals surface area contributed by atoms with E-state index in [-0.39, 0.29) is 0 Å². The molecule has 0 aliphatic rings. The van der Waals surface area contributed by atoms with Crippen molar-refractivity contribution in [3.05, 3.63) is 67.6 Å². The van der Waals surface area contributed by atoms with Crippen LogP contribution in [0, 0.1) is 37.5 Å². The number of aromatic nitrogens is 2. The standard InChI is InChI=1S/C26H30N2O2S2/c1-21-25(13-17-29-3)31-19-27(21)15-5-7-23-9-11-24(12-10-23)8-6-16-28-20-32-26(22(28)2)14-18-30-4/h9-12,19-20H,13-18H2,1-4H3/q+2. The van der Waals surface area contributed by atoms with Crippen molar-refractivity contribution in [3.63, 3.8) is 0 Å². The van der Waals surface area contributed by atoms with E-state index in [4.69, 9.17) is 9.47 Å². The van der Waals surface area contributed by atoms with Gasteiger partial charge in [0.25, 0.3) is 0 Å². The lowest BCUT2D eigenvalue weighted by molar-refractivity contribution is -0.686. The molecule has 0 atom stereocenters. The van der Waals surface area contributed by atoms with Crippen LogP contribution in [0.2, 0.25) is 0 Å². The van der Waals surface area contributed by atoms with Crippen LogP contribution in [0.15, 0.2) is 35.3 Å². The molecule has 0 N–H and O–H groups in total. The summed E-state index contributed by atoms with van der Waals surface area (Å²) >= 11 is 3.54. The van der Waals surface area contributed by atoms with Gasteiger partial charge in [-0.05, 0) is 36.1 Å². The highest BCUT2D eigenvalue weighted by Gasteiger charge is 2.14. The molecule has 0 aliphatic carbocycles. The Bertz CT molecular complexity index is 1050. The van der Waals surface area contributed by atoms with Crippen molar-refractivity contribution in [2.45, 2.75) is 39.8 Å². The van der Waals surface area contributed by atoms with Crippen molar-refractivity contribution in [1.29, 1.82) is 0 Å². The van der Waals surface area contributed by atoms with Crippen LogP contribution in [0.5, 0.6) is 0 Å².